The van der Waals surface area contributed by atoms with Crippen LogP contribution >= 0.6 is 23.8 Å². The Kier molecular flexibility index (Phi) is 3.49. The van der Waals surface area contributed by atoms with Gasteiger partial charge in [-0.15, -0.1) is 0 Å². The van der Waals surface area contributed by atoms with Gasteiger partial charge in [-0.2, -0.15) is 13.2 Å². The normalized spacial score (nSPS) is 11.2. The fourth-order valence-corrected chi connectivity index (χ4v) is 1.37. The first-order valence-electron chi connectivity index (χ1n) is 3.88. The van der Waals surface area contributed by atoms with Crippen molar-refractivity contribution in [2.24, 2.45) is 5.73 Å². The average molecular weight is 271 g/mol. The minimum Gasteiger partial charge on any atom is -0.506 e. The minimum absolute atomic E-state index is 0.151. The number of rotatable bonds is 1. The molecule has 1 rings (SSSR count). The van der Waals surface area contributed by atoms with Gasteiger partial charge in [0.15, 0.2) is 5.11 Å². The first-order valence-corrected chi connectivity index (χ1v) is 4.66. The van der Waals surface area contributed by atoms with Crippen LogP contribution in [0.15, 0.2) is 12.1 Å². The largest absolute Gasteiger partial charge is 0.506 e. The maximum Gasteiger partial charge on any atom is 0.416 e. The Morgan fingerprint density at radius 1 is 1.44 bits per heavy atom. The van der Waals surface area contributed by atoms with E-state index in [-0.39, 0.29) is 15.8 Å². The Bertz CT molecular complexity index is 413. The lowest BCUT2D eigenvalue weighted by molar-refractivity contribution is -0.137. The number of halogens is 4. The third-order valence-corrected chi connectivity index (χ3v) is 2.05. The second-order valence-corrected chi connectivity index (χ2v) is 3.69. The number of hydrogen-bond acceptors (Lipinski definition) is 2. The van der Waals surface area contributed by atoms with E-state index in [2.05, 4.69) is 17.5 Å². The summed E-state index contributed by atoms with van der Waals surface area (Å²) in [6, 6.07) is 1.20. The molecule has 0 bridgehead atoms. The predicted octanol–water partition coefficient (Wildman–Crippen LogP) is 2.72. The van der Waals surface area contributed by atoms with E-state index in [1.54, 1.807) is 0 Å². The number of anilines is 1. The summed E-state index contributed by atoms with van der Waals surface area (Å²) in [7, 11) is 0. The van der Waals surface area contributed by atoms with Gasteiger partial charge in [-0.05, 0) is 24.4 Å². The topological polar surface area (TPSA) is 58.3 Å². The van der Waals surface area contributed by atoms with Crippen molar-refractivity contribution in [2.45, 2.75) is 6.18 Å². The van der Waals surface area contributed by atoms with Gasteiger partial charge in [0, 0.05) is 0 Å². The lowest BCUT2D eigenvalue weighted by Crippen LogP contribution is -2.19. The van der Waals surface area contributed by atoms with Crippen LogP contribution in [-0.4, -0.2) is 10.2 Å². The smallest absolute Gasteiger partial charge is 0.416 e. The Morgan fingerprint density at radius 2 is 2.00 bits per heavy atom. The molecule has 0 saturated heterocycles. The van der Waals surface area contributed by atoms with Crippen LogP contribution in [-0.2, 0) is 6.18 Å². The molecule has 0 atom stereocenters. The van der Waals surface area contributed by atoms with E-state index in [0.29, 0.717) is 12.1 Å². The fraction of sp³-hybridized carbons (Fsp3) is 0.125. The average Bonchev–Trinajstić information content (AvgIpc) is 2.09. The molecule has 0 saturated carbocycles. The Labute approximate surface area is 99.0 Å². The van der Waals surface area contributed by atoms with E-state index >= 15 is 0 Å². The first kappa shape index (κ1) is 12.9. The molecule has 0 aliphatic rings. The van der Waals surface area contributed by atoms with Crippen molar-refractivity contribution >= 4 is 34.6 Å². The third kappa shape index (κ3) is 2.89. The van der Waals surface area contributed by atoms with E-state index < -0.39 is 17.5 Å². The standard InChI is InChI=1S/C8H6ClF3N2OS/c9-4-1-3(8(10,11)12)2-5(15)6(4)14-7(13)16/h1-2,15H,(H3,13,14,16). The summed E-state index contributed by atoms with van der Waals surface area (Å²) in [6.45, 7) is 0. The van der Waals surface area contributed by atoms with E-state index in [4.69, 9.17) is 17.3 Å². The summed E-state index contributed by atoms with van der Waals surface area (Å²) in [5.41, 5.74) is 3.91. The molecule has 4 N–H and O–H groups in total. The number of benzene rings is 1. The van der Waals surface area contributed by atoms with Crippen molar-refractivity contribution in [3.05, 3.63) is 22.7 Å². The van der Waals surface area contributed by atoms with Crippen molar-refractivity contribution in [3.63, 3.8) is 0 Å². The number of alkyl halides is 3. The summed E-state index contributed by atoms with van der Waals surface area (Å²) in [4.78, 5) is 0. The molecule has 0 fully saturated rings. The number of phenolic OH excluding ortho intramolecular Hbond substituents is 1. The van der Waals surface area contributed by atoms with Crippen LogP contribution in [0.5, 0.6) is 5.75 Å². The van der Waals surface area contributed by atoms with Crippen molar-refractivity contribution < 1.29 is 18.3 Å². The van der Waals surface area contributed by atoms with Crippen molar-refractivity contribution in [2.75, 3.05) is 5.32 Å². The van der Waals surface area contributed by atoms with Crippen molar-refractivity contribution in [1.82, 2.24) is 0 Å². The quantitative estimate of drug-likeness (QED) is 0.542. The maximum atomic E-state index is 12.3. The second-order valence-electron chi connectivity index (χ2n) is 2.84. The summed E-state index contributed by atoms with van der Waals surface area (Å²) in [6.07, 6.45) is -4.58. The summed E-state index contributed by atoms with van der Waals surface area (Å²) in [5, 5.41) is 11.1. The molecule has 1 aromatic carbocycles. The Hall–Kier alpha value is -1.21. The summed E-state index contributed by atoms with van der Waals surface area (Å²) >= 11 is 10.0. The lowest BCUT2D eigenvalue weighted by Gasteiger charge is -2.12. The molecule has 0 heterocycles. The highest BCUT2D eigenvalue weighted by molar-refractivity contribution is 7.80. The summed E-state index contributed by atoms with van der Waals surface area (Å²) in [5.74, 6) is -0.673. The molecule has 1 aromatic rings. The zero-order valence-electron chi connectivity index (χ0n) is 7.60. The van der Waals surface area contributed by atoms with Crippen LogP contribution < -0.4 is 11.1 Å². The number of hydrogen-bond donors (Lipinski definition) is 3. The SMILES string of the molecule is NC(=S)Nc1c(O)cc(C(F)(F)F)cc1Cl. The number of nitrogens with two attached hydrogens (primary N) is 1. The highest BCUT2D eigenvalue weighted by Crippen LogP contribution is 2.39. The lowest BCUT2D eigenvalue weighted by atomic mass is 10.2. The fourth-order valence-electron chi connectivity index (χ4n) is 1.00. The van der Waals surface area contributed by atoms with E-state index in [1.165, 1.54) is 0 Å². The molecular formula is C8H6ClF3N2OS. The van der Waals surface area contributed by atoms with Crippen molar-refractivity contribution in [3.8, 4) is 5.75 Å². The molecule has 0 unspecified atom stereocenters. The zero-order valence-corrected chi connectivity index (χ0v) is 9.17. The van der Waals surface area contributed by atoms with Crippen LogP contribution in [0.4, 0.5) is 18.9 Å². The number of phenols is 1. The molecular weight excluding hydrogens is 265 g/mol. The molecule has 0 aromatic heterocycles. The molecule has 0 aliphatic carbocycles. The van der Waals surface area contributed by atoms with E-state index in [0.717, 1.165) is 0 Å². The van der Waals surface area contributed by atoms with Gasteiger partial charge in [0.2, 0.25) is 0 Å². The van der Waals surface area contributed by atoms with Crippen LogP contribution in [0.1, 0.15) is 5.56 Å². The Morgan fingerprint density at radius 3 is 2.38 bits per heavy atom. The van der Waals surface area contributed by atoms with Gasteiger partial charge in [-0.1, -0.05) is 11.6 Å². The maximum absolute atomic E-state index is 12.3. The first-order chi connectivity index (χ1) is 7.21. The van der Waals surface area contributed by atoms with Crippen LogP contribution in [0.3, 0.4) is 0 Å². The monoisotopic (exact) mass is 270 g/mol. The van der Waals surface area contributed by atoms with Gasteiger partial charge >= 0.3 is 6.18 Å². The number of thiocarbonyl (C=S) groups is 1. The summed E-state index contributed by atoms with van der Waals surface area (Å²) < 4.78 is 36.9. The molecule has 88 valence electrons. The molecule has 0 aliphatic heterocycles. The van der Waals surface area contributed by atoms with Gasteiger partial charge in [-0.3, -0.25) is 0 Å². The van der Waals surface area contributed by atoms with Crippen molar-refractivity contribution in [1.29, 1.82) is 0 Å². The molecule has 8 heteroatoms. The zero-order chi connectivity index (χ0) is 12.5. The highest BCUT2D eigenvalue weighted by atomic mass is 35.5. The predicted molar refractivity (Wildman–Crippen MR) is 58.5 cm³/mol. The van der Waals surface area contributed by atoms with Crippen LogP contribution in [0.2, 0.25) is 5.02 Å². The van der Waals surface area contributed by atoms with E-state index in [1.807, 2.05) is 0 Å². The number of nitrogens with one attached hydrogen (secondary N) is 1. The van der Waals surface area contributed by atoms with Crippen LogP contribution in [0, 0.1) is 0 Å². The van der Waals surface area contributed by atoms with Gasteiger partial charge < -0.3 is 16.2 Å². The third-order valence-electron chi connectivity index (χ3n) is 1.64. The van der Waals surface area contributed by atoms with E-state index in [9.17, 15) is 18.3 Å². The van der Waals surface area contributed by atoms with Crippen LogP contribution in [0.25, 0.3) is 0 Å². The number of aromatic hydroxyl groups is 1. The van der Waals surface area contributed by atoms with Gasteiger partial charge in [-0.25, -0.2) is 0 Å². The molecule has 16 heavy (non-hydrogen) atoms. The molecule has 0 amide bonds. The van der Waals surface area contributed by atoms with Gasteiger partial charge in [0.05, 0.1) is 10.6 Å². The molecule has 0 spiro atoms. The Balaban J connectivity index is 3.23. The highest BCUT2D eigenvalue weighted by Gasteiger charge is 2.32. The van der Waals surface area contributed by atoms with Gasteiger partial charge in [0.1, 0.15) is 11.4 Å². The van der Waals surface area contributed by atoms with Gasteiger partial charge in [0.25, 0.3) is 0 Å². The second kappa shape index (κ2) is 4.34. The minimum atomic E-state index is -4.58. The molecule has 3 nitrogen and oxygen atoms in total. The molecule has 0 radical (unpaired) electrons.